The normalized spacial score (nSPS) is 21.3. The van der Waals surface area contributed by atoms with Crippen molar-refractivity contribution in [2.75, 3.05) is 13.2 Å². The summed E-state index contributed by atoms with van der Waals surface area (Å²) in [6, 6.07) is 9.31. The number of fused-ring (bicyclic) bond motifs is 1. The molecule has 1 aromatic carbocycles. The summed E-state index contributed by atoms with van der Waals surface area (Å²) in [4.78, 5) is 16.6. The molecule has 1 heterocycles. The lowest BCUT2D eigenvalue weighted by Gasteiger charge is -2.40. The molecule has 0 saturated heterocycles. The van der Waals surface area contributed by atoms with Crippen molar-refractivity contribution < 1.29 is 23.0 Å². The molecule has 2 aromatic rings. The lowest BCUT2D eigenvalue weighted by Crippen LogP contribution is -2.42. The van der Waals surface area contributed by atoms with Crippen LogP contribution >= 0.6 is 0 Å². The van der Waals surface area contributed by atoms with Crippen molar-refractivity contribution in [3.05, 3.63) is 36.5 Å². The Balaban J connectivity index is 1.55. The molecule has 0 spiro atoms. The van der Waals surface area contributed by atoms with E-state index in [2.05, 4.69) is 4.98 Å². The lowest BCUT2D eigenvalue weighted by molar-refractivity contribution is -0.166. The van der Waals surface area contributed by atoms with E-state index in [9.17, 15) is 13.6 Å². The van der Waals surface area contributed by atoms with E-state index in [0.717, 1.165) is 10.9 Å². The molecule has 0 aliphatic heterocycles. The van der Waals surface area contributed by atoms with Gasteiger partial charge in [-0.3, -0.25) is 9.78 Å². The number of hydrogen-bond donors (Lipinski definition) is 0. The zero-order valence-corrected chi connectivity index (χ0v) is 15.0. The van der Waals surface area contributed by atoms with E-state index >= 15 is 0 Å². The van der Waals surface area contributed by atoms with Crippen LogP contribution in [0.3, 0.4) is 0 Å². The van der Waals surface area contributed by atoms with Crippen molar-refractivity contribution in [2.45, 2.75) is 39.0 Å². The van der Waals surface area contributed by atoms with Gasteiger partial charge in [0.1, 0.15) is 19.0 Å². The van der Waals surface area contributed by atoms with Gasteiger partial charge in [0.15, 0.2) is 0 Å². The zero-order valence-electron chi connectivity index (χ0n) is 15.0. The molecule has 1 atom stereocenters. The highest BCUT2D eigenvalue weighted by Gasteiger charge is 2.49. The van der Waals surface area contributed by atoms with Crippen LogP contribution in [0.1, 0.15) is 33.1 Å². The van der Waals surface area contributed by atoms with Crippen LogP contribution in [0.2, 0.25) is 0 Å². The van der Waals surface area contributed by atoms with Crippen LogP contribution < -0.4 is 4.74 Å². The number of hydrogen-bond acceptors (Lipinski definition) is 4. The number of rotatable bonds is 5. The van der Waals surface area contributed by atoms with Gasteiger partial charge in [-0.25, -0.2) is 8.78 Å². The van der Waals surface area contributed by atoms with Crippen molar-refractivity contribution in [3.63, 3.8) is 0 Å². The number of carbonyl (C=O) groups excluding carboxylic acids is 1. The summed E-state index contributed by atoms with van der Waals surface area (Å²) >= 11 is 0. The van der Waals surface area contributed by atoms with Crippen LogP contribution in [-0.2, 0) is 9.53 Å². The molecular formula is C20H23F2NO3. The Morgan fingerprint density at radius 3 is 2.77 bits per heavy atom. The zero-order chi connectivity index (χ0) is 18.8. The fraction of sp³-hybridized carbons (Fsp3) is 0.500. The van der Waals surface area contributed by atoms with Crippen LogP contribution in [0.4, 0.5) is 8.78 Å². The highest BCUT2D eigenvalue weighted by Crippen LogP contribution is 2.47. The van der Waals surface area contributed by atoms with E-state index < -0.39 is 29.6 Å². The molecule has 1 aliphatic carbocycles. The highest BCUT2D eigenvalue weighted by atomic mass is 19.3. The van der Waals surface area contributed by atoms with Crippen LogP contribution in [0, 0.1) is 11.3 Å². The molecule has 140 valence electrons. The van der Waals surface area contributed by atoms with Crippen molar-refractivity contribution >= 4 is 16.9 Å². The number of benzene rings is 1. The maximum atomic E-state index is 13.7. The number of aromatic nitrogens is 1. The molecule has 0 amide bonds. The second-order valence-electron chi connectivity index (χ2n) is 7.44. The molecule has 3 rings (SSSR count). The molecule has 1 fully saturated rings. The Morgan fingerprint density at radius 2 is 1.96 bits per heavy atom. The van der Waals surface area contributed by atoms with Crippen LogP contribution in [0.15, 0.2) is 36.5 Å². The number of nitrogens with zero attached hydrogens (tertiary/aromatic N) is 1. The van der Waals surface area contributed by atoms with Gasteiger partial charge in [-0.2, -0.15) is 0 Å². The van der Waals surface area contributed by atoms with Crippen LogP contribution in [-0.4, -0.2) is 30.1 Å². The monoisotopic (exact) mass is 363 g/mol. The van der Waals surface area contributed by atoms with E-state index in [-0.39, 0.29) is 19.6 Å². The fourth-order valence-electron chi connectivity index (χ4n) is 3.35. The largest absolute Gasteiger partial charge is 0.489 e. The second kappa shape index (κ2) is 7.17. The number of ether oxygens (including phenoxy) is 2. The van der Waals surface area contributed by atoms with E-state index in [1.807, 2.05) is 38.1 Å². The highest BCUT2D eigenvalue weighted by molar-refractivity contribution is 5.84. The SMILES string of the molecule is CC1(C)CCC(F)(F)CC1C(=O)OCCOc1ccnc2ccccc12. The van der Waals surface area contributed by atoms with Crippen molar-refractivity contribution in [3.8, 4) is 5.75 Å². The summed E-state index contributed by atoms with van der Waals surface area (Å²) in [5.74, 6) is -3.52. The number of pyridine rings is 1. The Labute approximate surface area is 151 Å². The van der Waals surface area contributed by atoms with Gasteiger partial charge >= 0.3 is 5.97 Å². The molecule has 1 aliphatic rings. The Bertz CT molecular complexity index is 786. The summed E-state index contributed by atoms with van der Waals surface area (Å²) < 4.78 is 38.3. The predicted octanol–water partition coefficient (Wildman–Crippen LogP) is 4.62. The van der Waals surface area contributed by atoms with Gasteiger partial charge in [-0.05, 0) is 30.0 Å². The van der Waals surface area contributed by atoms with Crippen molar-refractivity contribution in [1.29, 1.82) is 0 Å². The molecule has 0 N–H and O–H groups in total. The summed E-state index contributed by atoms with van der Waals surface area (Å²) in [5.41, 5.74) is 0.328. The van der Waals surface area contributed by atoms with Crippen molar-refractivity contribution in [1.82, 2.24) is 4.98 Å². The first-order chi connectivity index (χ1) is 12.3. The lowest BCUT2D eigenvalue weighted by atomic mass is 9.67. The summed E-state index contributed by atoms with van der Waals surface area (Å²) in [7, 11) is 0. The minimum absolute atomic E-state index is 0.0215. The predicted molar refractivity (Wildman–Crippen MR) is 94.3 cm³/mol. The average Bonchev–Trinajstić information content (AvgIpc) is 2.61. The fourth-order valence-corrected chi connectivity index (χ4v) is 3.35. The average molecular weight is 363 g/mol. The maximum absolute atomic E-state index is 13.7. The Hall–Kier alpha value is -2.24. The first-order valence-corrected chi connectivity index (χ1v) is 8.80. The maximum Gasteiger partial charge on any atom is 0.309 e. The van der Waals surface area contributed by atoms with Gasteiger partial charge in [0.2, 0.25) is 5.92 Å². The summed E-state index contributed by atoms with van der Waals surface area (Å²) in [6.07, 6.45) is 1.33. The Morgan fingerprint density at radius 1 is 1.19 bits per heavy atom. The van der Waals surface area contributed by atoms with E-state index in [1.165, 1.54) is 0 Å². The first kappa shape index (κ1) is 18.5. The number of esters is 1. The van der Waals surface area contributed by atoms with Crippen LogP contribution in [0.25, 0.3) is 10.9 Å². The minimum atomic E-state index is -2.80. The van der Waals surface area contributed by atoms with Gasteiger partial charge in [-0.15, -0.1) is 0 Å². The molecule has 1 saturated carbocycles. The van der Waals surface area contributed by atoms with Crippen LogP contribution in [0.5, 0.6) is 5.75 Å². The van der Waals surface area contributed by atoms with Crippen molar-refractivity contribution in [2.24, 2.45) is 11.3 Å². The molecule has 1 unspecified atom stereocenters. The van der Waals surface area contributed by atoms with Gasteiger partial charge < -0.3 is 9.47 Å². The molecule has 26 heavy (non-hydrogen) atoms. The van der Waals surface area contributed by atoms with Gasteiger partial charge in [0.25, 0.3) is 0 Å². The third-order valence-corrected chi connectivity index (χ3v) is 5.06. The van der Waals surface area contributed by atoms with E-state index in [1.54, 1.807) is 12.3 Å². The van der Waals surface area contributed by atoms with Gasteiger partial charge in [0.05, 0.1) is 11.4 Å². The first-order valence-electron chi connectivity index (χ1n) is 8.80. The number of halogens is 2. The topological polar surface area (TPSA) is 48.4 Å². The number of carbonyl (C=O) groups is 1. The van der Waals surface area contributed by atoms with E-state index in [4.69, 9.17) is 9.47 Å². The second-order valence-corrected chi connectivity index (χ2v) is 7.44. The standard InChI is InChI=1S/C20H23F2NO3/c1-19(2)8-9-20(21,22)13-15(19)18(24)26-12-11-25-17-7-10-23-16-6-4-3-5-14(16)17/h3-7,10,15H,8-9,11-13H2,1-2H3. The number of alkyl halides is 2. The molecule has 1 aromatic heterocycles. The quantitative estimate of drug-likeness (QED) is 0.575. The van der Waals surface area contributed by atoms with E-state index in [0.29, 0.717) is 12.2 Å². The summed E-state index contributed by atoms with van der Waals surface area (Å²) in [6.45, 7) is 3.86. The number of para-hydroxylation sites is 1. The molecule has 4 nitrogen and oxygen atoms in total. The molecule has 0 radical (unpaired) electrons. The smallest absolute Gasteiger partial charge is 0.309 e. The third kappa shape index (κ3) is 4.11. The summed E-state index contributed by atoms with van der Waals surface area (Å²) in [5, 5.41) is 0.870. The third-order valence-electron chi connectivity index (χ3n) is 5.06. The molecular weight excluding hydrogens is 340 g/mol. The molecule has 6 heteroatoms. The molecule has 0 bridgehead atoms. The van der Waals surface area contributed by atoms with Gasteiger partial charge in [-0.1, -0.05) is 26.0 Å². The Kier molecular flexibility index (Phi) is 5.12. The van der Waals surface area contributed by atoms with Gasteiger partial charge in [0, 0.05) is 24.4 Å². The minimum Gasteiger partial charge on any atom is -0.489 e.